The van der Waals surface area contributed by atoms with Crippen molar-refractivity contribution < 1.29 is 19.1 Å². The molecule has 3 aromatic rings. The van der Waals surface area contributed by atoms with E-state index in [-0.39, 0.29) is 0 Å². The first-order valence-electron chi connectivity index (χ1n) is 9.00. The molecular formula is C23H19NO4. The zero-order valence-electron chi connectivity index (χ0n) is 15.3. The number of nitrogens with one attached hydrogen (secondary N) is 1. The molecule has 0 aliphatic carbocycles. The Hall–Kier alpha value is -3.60. The Labute approximate surface area is 162 Å². The molecule has 0 radical (unpaired) electrons. The van der Waals surface area contributed by atoms with Crippen LogP contribution in [0.15, 0.2) is 78.9 Å². The van der Waals surface area contributed by atoms with E-state index in [1.54, 1.807) is 37.3 Å². The van der Waals surface area contributed by atoms with E-state index in [1.165, 1.54) is 0 Å². The van der Waals surface area contributed by atoms with Gasteiger partial charge >= 0.3 is 5.97 Å². The number of hydrogen-bond donors (Lipinski definition) is 1. The van der Waals surface area contributed by atoms with Gasteiger partial charge in [0.05, 0.1) is 11.3 Å². The van der Waals surface area contributed by atoms with Gasteiger partial charge in [-0.25, -0.2) is 4.79 Å². The van der Waals surface area contributed by atoms with E-state index in [9.17, 15) is 9.59 Å². The first-order valence-corrected chi connectivity index (χ1v) is 9.00. The maximum absolute atomic E-state index is 13.0. The van der Waals surface area contributed by atoms with Crippen molar-refractivity contribution in [2.75, 3.05) is 5.32 Å². The minimum absolute atomic E-state index is 0.308. The van der Waals surface area contributed by atoms with Crippen LogP contribution < -0.4 is 10.1 Å². The van der Waals surface area contributed by atoms with Crippen molar-refractivity contribution in [3.63, 3.8) is 0 Å². The molecule has 1 amide bonds. The Bertz CT molecular complexity index is 1030. The molecule has 0 bridgehead atoms. The van der Waals surface area contributed by atoms with Crippen LogP contribution in [0, 0.1) is 0 Å². The molecule has 140 valence electrons. The quantitative estimate of drug-likeness (QED) is 0.680. The lowest BCUT2D eigenvalue weighted by atomic mass is 9.89. The summed E-state index contributed by atoms with van der Waals surface area (Å²) in [6, 6.07) is 23.6. The van der Waals surface area contributed by atoms with Crippen LogP contribution in [0.1, 0.15) is 22.8 Å². The van der Waals surface area contributed by atoms with E-state index < -0.39 is 17.5 Å². The highest BCUT2D eigenvalue weighted by Crippen LogP contribution is 2.33. The Kier molecular flexibility index (Phi) is 4.57. The molecule has 0 aromatic heterocycles. The maximum atomic E-state index is 13.0. The molecule has 1 aliphatic rings. The van der Waals surface area contributed by atoms with E-state index in [0.29, 0.717) is 29.2 Å². The molecule has 1 N–H and O–H groups in total. The van der Waals surface area contributed by atoms with Gasteiger partial charge in [0.1, 0.15) is 5.75 Å². The zero-order valence-corrected chi connectivity index (χ0v) is 15.3. The van der Waals surface area contributed by atoms with Crippen LogP contribution in [-0.4, -0.2) is 17.5 Å². The van der Waals surface area contributed by atoms with Crippen molar-refractivity contribution in [1.82, 2.24) is 0 Å². The SMILES string of the molecule is CC1(C(=O)Nc2ccccc2Oc2ccccc2)Cc2ccccc2C(=O)O1. The average Bonchev–Trinajstić information content (AvgIpc) is 2.70. The van der Waals surface area contributed by atoms with E-state index in [2.05, 4.69) is 5.32 Å². The lowest BCUT2D eigenvalue weighted by molar-refractivity contribution is -0.134. The summed E-state index contributed by atoms with van der Waals surface area (Å²) < 4.78 is 11.4. The van der Waals surface area contributed by atoms with Gasteiger partial charge in [-0.1, -0.05) is 48.5 Å². The molecule has 0 spiro atoms. The van der Waals surface area contributed by atoms with Crippen LogP contribution in [0.25, 0.3) is 0 Å². The van der Waals surface area contributed by atoms with E-state index >= 15 is 0 Å². The summed E-state index contributed by atoms with van der Waals surface area (Å²) in [7, 11) is 0. The van der Waals surface area contributed by atoms with Gasteiger partial charge in [-0.2, -0.15) is 0 Å². The first-order chi connectivity index (χ1) is 13.5. The largest absolute Gasteiger partial charge is 0.455 e. The monoisotopic (exact) mass is 373 g/mol. The molecule has 0 fully saturated rings. The lowest BCUT2D eigenvalue weighted by Crippen LogP contribution is -2.48. The van der Waals surface area contributed by atoms with E-state index in [1.807, 2.05) is 48.5 Å². The van der Waals surface area contributed by atoms with Crippen molar-refractivity contribution in [1.29, 1.82) is 0 Å². The summed E-state index contributed by atoms with van der Waals surface area (Å²) in [4.78, 5) is 25.3. The number of cyclic esters (lactones) is 1. The Morgan fingerprint density at radius 1 is 0.964 bits per heavy atom. The Morgan fingerprint density at radius 2 is 1.64 bits per heavy atom. The van der Waals surface area contributed by atoms with E-state index in [0.717, 1.165) is 5.56 Å². The predicted octanol–water partition coefficient (Wildman–Crippen LogP) is 4.59. The summed E-state index contributed by atoms with van der Waals surface area (Å²) in [5.41, 5.74) is 0.504. The third kappa shape index (κ3) is 3.47. The number of para-hydroxylation sites is 3. The van der Waals surface area contributed by atoms with Gasteiger partial charge in [0.25, 0.3) is 5.91 Å². The number of rotatable bonds is 4. The summed E-state index contributed by atoms with van der Waals surface area (Å²) in [5, 5.41) is 2.85. The second-order valence-electron chi connectivity index (χ2n) is 6.82. The standard InChI is InChI=1S/C23H19NO4/c1-23(15-16-9-5-6-12-18(16)21(25)28-23)22(26)24-19-13-7-8-14-20(19)27-17-10-3-2-4-11-17/h2-14H,15H2,1H3,(H,24,26). The molecule has 5 nitrogen and oxygen atoms in total. The Morgan fingerprint density at radius 3 is 2.46 bits per heavy atom. The van der Waals surface area contributed by atoms with Crippen molar-refractivity contribution in [2.45, 2.75) is 18.9 Å². The number of hydrogen-bond acceptors (Lipinski definition) is 4. The molecule has 4 rings (SSSR count). The molecule has 0 saturated heterocycles. The fraction of sp³-hybridized carbons (Fsp3) is 0.130. The molecule has 1 aliphatic heterocycles. The van der Waals surface area contributed by atoms with E-state index in [4.69, 9.17) is 9.47 Å². The minimum Gasteiger partial charge on any atom is -0.455 e. The molecular weight excluding hydrogens is 354 g/mol. The van der Waals surface area contributed by atoms with Crippen LogP contribution in [0.3, 0.4) is 0 Å². The lowest BCUT2D eigenvalue weighted by Gasteiger charge is -2.33. The number of esters is 1. The minimum atomic E-state index is -1.30. The number of carbonyl (C=O) groups is 2. The summed E-state index contributed by atoms with van der Waals surface area (Å²) >= 11 is 0. The number of anilines is 1. The topological polar surface area (TPSA) is 64.6 Å². The zero-order chi connectivity index (χ0) is 19.6. The van der Waals surface area contributed by atoms with Gasteiger partial charge in [0.2, 0.25) is 0 Å². The van der Waals surface area contributed by atoms with Crippen molar-refractivity contribution in [2.24, 2.45) is 0 Å². The van der Waals surface area contributed by atoms with Crippen LogP contribution in [-0.2, 0) is 16.0 Å². The molecule has 28 heavy (non-hydrogen) atoms. The van der Waals surface area contributed by atoms with Crippen LogP contribution in [0.4, 0.5) is 5.69 Å². The van der Waals surface area contributed by atoms with Crippen LogP contribution >= 0.6 is 0 Å². The number of carbonyl (C=O) groups excluding carboxylic acids is 2. The molecule has 1 unspecified atom stereocenters. The fourth-order valence-corrected chi connectivity index (χ4v) is 3.19. The smallest absolute Gasteiger partial charge is 0.339 e. The van der Waals surface area contributed by atoms with Gasteiger partial charge in [0, 0.05) is 6.42 Å². The van der Waals surface area contributed by atoms with Crippen LogP contribution in [0.2, 0.25) is 0 Å². The highest BCUT2D eigenvalue weighted by Gasteiger charge is 2.42. The number of benzene rings is 3. The molecule has 5 heteroatoms. The third-order valence-corrected chi connectivity index (χ3v) is 4.67. The second kappa shape index (κ2) is 7.19. The number of fused-ring (bicyclic) bond motifs is 1. The van der Waals surface area contributed by atoms with Crippen molar-refractivity contribution >= 4 is 17.6 Å². The highest BCUT2D eigenvalue weighted by molar-refractivity contribution is 6.03. The Balaban J connectivity index is 1.57. The average molecular weight is 373 g/mol. The summed E-state index contributed by atoms with van der Waals surface area (Å²) in [5.74, 6) is 0.273. The van der Waals surface area contributed by atoms with Gasteiger partial charge in [-0.05, 0) is 42.8 Å². The third-order valence-electron chi connectivity index (χ3n) is 4.67. The van der Waals surface area contributed by atoms with Gasteiger partial charge in [0.15, 0.2) is 11.4 Å². The molecule has 1 atom stereocenters. The fourth-order valence-electron chi connectivity index (χ4n) is 3.19. The second-order valence-corrected chi connectivity index (χ2v) is 6.82. The highest BCUT2D eigenvalue weighted by atomic mass is 16.6. The molecule has 0 saturated carbocycles. The van der Waals surface area contributed by atoms with Crippen molar-refractivity contribution in [3.05, 3.63) is 90.0 Å². The number of amides is 1. The molecule has 3 aromatic carbocycles. The maximum Gasteiger partial charge on any atom is 0.339 e. The predicted molar refractivity (Wildman–Crippen MR) is 106 cm³/mol. The van der Waals surface area contributed by atoms with Crippen LogP contribution in [0.5, 0.6) is 11.5 Å². The van der Waals surface area contributed by atoms with Gasteiger partial charge < -0.3 is 14.8 Å². The normalized spacial score (nSPS) is 18.0. The van der Waals surface area contributed by atoms with Crippen molar-refractivity contribution in [3.8, 4) is 11.5 Å². The number of ether oxygens (including phenoxy) is 2. The molecule has 1 heterocycles. The first kappa shape index (κ1) is 17.8. The summed E-state index contributed by atoms with van der Waals surface area (Å²) in [6.45, 7) is 1.62. The van der Waals surface area contributed by atoms with Gasteiger partial charge in [-0.3, -0.25) is 4.79 Å². The van der Waals surface area contributed by atoms with Gasteiger partial charge in [-0.15, -0.1) is 0 Å². The summed E-state index contributed by atoms with van der Waals surface area (Å²) in [6.07, 6.45) is 0.308.